The number of hydrogen-bond acceptors (Lipinski definition) is 4. The van der Waals surface area contributed by atoms with Crippen molar-refractivity contribution >= 4 is 33.0 Å². The molecular weight excluding hydrogens is 637 g/mol. The maximum absolute atomic E-state index is 6.61. The normalized spacial score (nSPS) is 11.5. The van der Waals surface area contributed by atoms with E-state index in [2.05, 4.69) is 138 Å². The maximum Gasteiger partial charge on any atom is 0.160 e. The fourth-order valence-electron chi connectivity index (χ4n) is 7.17. The minimum atomic E-state index is 0.671. The summed E-state index contributed by atoms with van der Waals surface area (Å²) in [5, 5.41) is 2.03. The Kier molecular flexibility index (Phi) is 7.07. The molecule has 244 valence electrons. The standard InChI is InChI=1S/C47H30N4O/c1-4-14-31(15-5-1)33-18-12-19-34(28-33)40-30-41(49-46(48-40)32-16-6-2-7-17-32)37-22-13-25-43-45(37)38-27-26-35(29-44(38)52-43)47-50-39-23-10-11-24-42(39)51(47)36-20-8-3-9-21-36/h1-30H. The van der Waals surface area contributed by atoms with Gasteiger partial charge in [-0.25, -0.2) is 15.0 Å². The van der Waals surface area contributed by atoms with Crippen LogP contribution in [-0.2, 0) is 0 Å². The predicted octanol–water partition coefficient (Wildman–Crippen LogP) is 12.0. The van der Waals surface area contributed by atoms with Gasteiger partial charge in [-0.15, -0.1) is 0 Å². The lowest BCUT2D eigenvalue weighted by atomic mass is 9.99. The fourth-order valence-corrected chi connectivity index (χ4v) is 7.17. The second kappa shape index (κ2) is 12.3. The number of rotatable bonds is 6. The Morgan fingerprint density at radius 2 is 1.10 bits per heavy atom. The lowest BCUT2D eigenvalue weighted by Gasteiger charge is -2.11. The first-order chi connectivity index (χ1) is 25.8. The van der Waals surface area contributed by atoms with E-state index in [4.69, 9.17) is 19.4 Å². The second-order valence-corrected chi connectivity index (χ2v) is 12.9. The van der Waals surface area contributed by atoms with Crippen LogP contribution in [-0.4, -0.2) is 19.5 Å². The summed E-state index contributed by atoms with van der Waals surface area (Å²) in [4.78, 5) is 15.4. The topological polar surface area (TPSA) is 56.7 Å². The Bertz CT molecular complexity index is 2890. The monoisotopic (exact) mass is 666 g/mol. The molecule has 0 aliphatic carbocycles. The summed E-state index contributed by atoms with van der Waals surface area (Å²) in [5.41, 5.74) is 12.6. The van der Waals surface area contributed by atoms with Crippen LogP contribution in [0.5, 0.6) is 0 Å². The molecule has 0 atom stereocenters. The maximum atomic E-state index is 6.61. The number of aromatic nitrogens is 4. The van der Waals surface area contributed by atoms with E-state index in [1.165, 1.54) is 0 Å². The molecule has 0 aliphatic rings. The van der Waals surface area contributed by atoms with E-state index in [-0.39, 0.29) is 0 Å². The summed E-state index contributed by atoms with van der Waals surface area (Å²) in [5.74, 6) is 1.53. The Hall–Kier alpha value is -7.11. The first-order valence-electron chi connectivity index (χ1n) is 17.4. The highest BCUT2D eigenvalue weighted by Crippen LogP contribution is 2.40. The predicted molar refractivity (Wildman–Crippen MR) is 211 cm³/mol. The van der Waals surface area contributed by atoms with Crippen molar-refractivity contribution in [2.24, 2.45) is 0 Å². The Balaban J connectivity index is 1.14. The lowest BCUT2D eigenvalue weighted by molar-refractivity contribution is 0.669. The van der Waals surface area contributed by atoms with Gasteiger partial charge < -0.3 is 4.42 Å². The van der Waals surface area contributed by atoms with Gasteiger partial charge in [-0.3, -0.25) is 4.57 Å². The molecule has 0 radical (unpaired) electrons. The van der Waals surface area contributed by atoms with E-state index in [0.717, 1.165) is 89.3 Å². The summed E-state index contributed by atoms with van der Waals surface area (Å²) in [6.45, 7) is 0. The quantitative estimate of drug-likeness (QED) is 0.177. The smallest absolute Gasteiger partial charge is 0.160 e. The number of nitrogens with zero attached hydrogens (tertiary/aromatic N) is 4. The van der Waals surface area contributed by atoms with Gasteiger partial charge in [-0.05, 0) is 65.7 Å². The molecule has 0 spiro atoms. The third-order valence-electron chi connectivity index (χ3n) is 9.63. The molecule has 3 heterocycles. The largest absolute Gasteiger partial charge is 0.456 e. The van der Waals surface area contributed by atoms with E-state index < -0.39 is 0 Å². The second-order valence-electron chi connectivity index (χ2n) is 12.9. The van der Waals surface area contributed by atoms with Crippen molar-refractivity contribution in [3.05, 3.63) is 182 Å². The van der Waals surface area contributed by atoms with Crippen molar-refractivity contribution in [1.82, 2.24) is 19.5 Å². The van der Waals surface area contributed by atoms with Crippen molar-refractivity contribution < 1.29 is 4.42 Å². The molecule has 0 amide bonds. The average Bonchev–Trinajstić information content (AvgIpc) is 3.80. The fraction of sp³-hybridized carbons (Fsp3) is 0. The molecule has 52 heavy (non-hydrogen) atoms. The summed E-state index contributed by atoms with van der Waals surface area (Å²) in [7, 11) is 0. The summed E-state index contributed by atoms with van der Waals surface area (Å²) in [6.07, 6.45) is 0. The zero-order chi connectivity index (χ0) is 34.4. The van der Waals surface area contributed by atoms with Crippen molar-refractivity contribution in [1.29, 1.82) is 0 Å². The molecule has 0 fully saturated rings. The molecule has 10 aromatic rings. The number of para-hydroxylation sites is 3. The highest BCUT2D eigenvalue weighted by molar-refractivity contribution is 6.13. The molecular formula is C47H30N4O. The van der Waals surface area contributed by atoms with Crippen molar-refractivity contribution in [3.8, 4) is 62.1 Å². The average molecular weight is 667 g/mol. The van der Waals surface area contributed by atoms with E-state index in [0.29, 0.717) is 5.82 Å². The summed E-state index contributed by atoms with van der Waals surface area (Å²) < 4.78 is 8.82. The molecule has 7 aromatic carbocycles. The van der Waals surface area contributed by atoms with Gasteiger partial charge in [0.1, 0.15) is 17.0 Å². The number of fused-ring (bicyclic) bond motifs is 4. The van der Waals surface area contributed by atoms with Crippen LogP contribution in [0.2, 0.25) is 0 Å². The van der Waals surface area contributed by atoms with Crippen LogP contribution in [0.4, 0.5) is 0 Å². The van der Waals surface area contributed by atoms with Gasteiger partial charge >= 0.3 is 0 Å². The van der Waals surface area contributed by atoms with Gasteiger partial charge in [0.05, 0.1) is 22.4 Å². The zero-order valence-electron chi connectivity index (χ0n) is 28.0. The number of furan rings is 1. The molecule has 0 saturated carbocycles. The van der Waals surface area contributed by atoms with Crippen molar-refractivity contribution in [2.75, 3.05) is 0 Å². The first-order valence-corrected chi connectivity index (χ1v) is 17.4. The number of imidazole rings is 1. The van der Waals surface area contributed by atoms with Crippen LogP contribution >= 0.6 is 0 Å². The molecule has 5 heteroatoms. The first kappa shape index (κ1) is 29.8. The van der Waals surface area contributed by atoms with Gasteiger partial charge in [0.25, 0.3) is 0 Å². The van der Waals surface area contributed by atoms with Crippen LogP contribution < -0.4 is 0 Å². The Labute approximate surface area is 300 Å². The zero-order valence-corrected chi connectivity index (χ0v) is 28.0. The van der Waals surface area contributed by atoms with Crippen molar-refractivity contribution in [3.63, 3.8) is 0 Å². The molecule has 0 unspecified atom stereocenters. The van der Waals surface area contributed by atoms with Gasteiger partial charge in [0.2, 0.25) is 0 Å². The van der Waals surface area contributed by atoms with Gasteiger partial charge in [-0.2, -0.15) is 0 Å². The number of hydrogen-bond donors (Lipinski definition) is 0. The van der Waals surface area contributed by atoms with E-state index in [1.54, 1.807) is 0 Å². The lowest BCUT2D eigenvalue weighted by Crippen LogP contribution is -1.97. The van der Waals surface area contributed by atoms with Crippen LogP contribution in [0.1, 0.15) is 0 Å². The molecule has 0 N–H and O–H groups in total. The third kappa shape index (κ3) is 5.15. The van der Waals surface area contributed by atoms with E-state index in [9.17, 15) is 0 Å². The SMILES string of the molecule is c1ccc(-c2cccc(-c3cc(-c4cccc5oc6cc(-c7nc8ccccc8n7-c7ccccc7)ccc6c45)nc(-c4ccccc4)n3)c2)cc1. The Morgan fingerprint density at radius 1 is 0.423 bits per heavy atom. The van der Waals surface area contributed by atoms with E-state index >= 15 is 0 Å². The highest BCUT2D eigenvalue weighted by Gasteiger charge is 2.19. The summed E-state index contributed by atoms with van der Waals surface area (Å²) >= 11 is 0. The number of benzene rings is 7. The minimum Gasteiger partial charge on any atom is -0.456 e. The molecule has 10 rings (SSSR count). The molecule has 0 bridgehead atoms. The van der Waals surface area contributed by atoms with Crippen molar-refractivity contribution in [2.45, 2.75) is 0 Å². The van der Waals surface area contributed by atoms with Crippen LogP contribution in [0.15, 0.2) is 186 Å². The van der Waals surface area contributed by atoms with Crippen LogP contribution in [0, 0.1) is 0 Å². The Morgan fingerprint density at radius 3 is 1.92 bits per heavy atom. The molecule has 3 aromatic heterocycles. The van der Waals surface area contributed by atoms with Gasteiger partial charge in [-0.1, -0.05) is 127 Å². The highest BCUT2D eigenvalue weighted by atomic mass is 16.3. The summed E-state index contributed by atoms with van der Waals surface area (Å²) in [6, 6.07) is 62.5. The van der Waals surface area contributed by atoms with Gasteiger partial charge in [0.15, 0.2) is 5.82 Å². The van der Waals surface area contributed by atoms with Crippen LogP contribution in [0.25, 0.3) is 95.1 Å². The third-order valence-corrected chi connectivity index (χ3v) is 9.63. The molecule has 5 nitrogen and oxygen atoms in total. The van der Waals surface area contributed by atoms with E-state index in [1.807, 2.05) is 48.5 Å². The minimum absolute atomic E-state index is 0.671. The van der Waals surface area contributed by atoms with Crippen LogP contribution in [0.3, 0.4) is 0 Å². The molecule has 0 aliphatic heterocycles. The van der Waals surface area contributed by atoms with Gasteiger partial charge in [0, 0.05) is 38.7 Å². The molecule has 0 saturated heterocycles.